The van der Waals surface area contributed by atoms with Gasteiger partial charge in [-0.25, -0.2) is 0 Å². The molecule has 110 valence electrons. The zero-order valence-corrected chi connectivity index (χ0v) is 12.7. The van der Waals surface area contributed by atoms with Crippen molar-refractivity contribution in [1.82, 2.24) is 10.3 Å². The molecule has 0 radical (unpaired) electrons. The van der Waals surface area contributed by atoms with Gasteiger partial charge in [-0.15, -0.1) is 0 Å². The molecule has 2 saturated carbocycles. The van der Waals surface area contributed by atoms with Gasteiger partial charge in [0, 0.05) is 30.8 Å². The van der Waals surface area contributed by atoms with Crippen LogP contribution in [0.25, 0.3) is 0 Å². The zero-order chi connectivity index (χ0) is 14.0. The second kappa shape index (κ2) is 5.82. The first kappa shape index (κ1) is 14.0. The van der Waals surface area contributed by atoms with Crippen molar-refractivity contribution in [2.75, 3.05) is 6.61 Å². The molecular weight excluding hydrogens is 248 g/mol. The van der Waals surface area contributed by atoms with Gasteiger partial charge < -0.3 is 10.1 Å². The van der Waals surface area contributed by atoms with Crippen LogP contribution >= 0.6 is 0 Å². The van der Waals surface area contributed by atoms with Crippen molar-refractivity contribution in [3.05, 3.63) is 29.6 Å². The predicted molar refractivity (Wildman–Crippen MR) is 80.5 cm³/mol. The number of aryl methyl sites for hydroxylation is 1. The molecule has 1 heterocycles. The summed E-state index contributed by atoms with van der Waals surface area (Å²) in [5.41, 5.74) is 2.88. The summed E-state index contributed by atoms with van der Waals surface area (Å²) in [6, 6.07) is 4.76. The summed E-state index contributed by atoms with van der Waals surface area (Å²) in [7, 11) is 0. The summed E-state index contributed by atoms with van der Waals surface area (Å²) in [5.74, 6) is 0. The van der Waals surface area contributed by atoms with Gasteiger partial charge in [0.05, 0.1) is 11.8 Å². The Morgan fingerprint density at radius 1 is 1.40 bits per heavy atom. The Hall–Kier alpha value is -0.930. The van der Waals surface area contributed by atoms with Crippen molar-refractivity contribution in [1.29, 1.82) is 0 Å². The molecule has 3 rings (SSSR count). The van der Waals surface area contributed by atoms with Gasteiger partial charge in [0.15, 0.2) is 0 Å². The van der Waals surface area contributed by atoms with Crippen LogP contribution in [-0.4, -0.2) is 23.7 Å². The minimum Gasteiger partial charge on any atom is -0.378 e. The Morgan fingerprint density at radius 2 is 2.20 bits per heavy atom. The summed E-state index contributed by atoms with van der Waals surface area (Å²) in [6.45, 7) is 5.98. The largest absolute Gasteiger partial charge is 0.378 e. The molecule has 0 aromatic carbocycles. The number of aromatic nitrogens is 1. The molecule has 0 amide bonds. The summed E-state index contributed by atoms with van der Waals surface area (Å²) < 4.78 is 5.97. The first-order chi connectivity index (χ1) is 9.76. The van der Waals surface area contributed by atoms with Gasteiger partial charge in [0.1, 0.15) is 0 Å². The quantitative estimate of drug-likeness (QED) is 0.895. The van der Waals surface area contributed by atoms with Crippen molar-refractivity contribution >= 4 is 0 Å². The van der Waals surface area contributed by atoms with E-state index in [2.05, 4.69) is 30.2 Å². The maximum atomic E-state index is 5.97. The maximum Gasteiger partial charge on any atom is 0.0661 e. The van der Waals surface area contributed by atoms with Crippen molar-refractivity contribution < 1.29 is 4.74 Å². The molecule has 2 fully saturated rings. The average Bonchev–Trinajstić information content (AvgIpc) is 2.96. The lowest BCUT2D eigenvalue weighted by atomic mass is 9.60. The van der Waals surface area contributed by atoms with Crippen molar-refractivity contribution in [3.8, 4) is 0 Å². The molecule has 20 heavy (non-hydrogen) atoms. The van der Waals surface area contributed by atoms with E-state index in [1.807, 2.05) is 12.3 Å². The number of hydrogen-bond acceptors (Lipinski definition) is 3. The van der Waals surface area contributed by atoms with Gasteiger partial charge in [-0.2, -0.15) is 0 Å². The molecule has 1 aromatic rings. The van der Waals surface area contributed by atoms with E-state index in [0.717, 1.165) is 13.2 Å². The number of ether oxygens (including phenoxy) is 1. The molecule has 1 aromatic heterocycles. The molecular formula is C17H26N2O. The van der Waals surface area contributed by atoms with Crippen molar-refractivity contribution in [2.24, 2.45) is 5.41 Å². The van der Waals surface area contributed by atoms with E-state index in [9.17, 15) is 0 Å². The highest BCUT2D eigenvalue weighted by molar-refractivity contribution is 5.18. The van der Waals surface area contributed by atoms with Crippen molar-refractivity contribution in [3.63, 3.8) is 0 Å². The summed E-state index contributed by atoms with van der Waals surface area (Å²) in [6.07, 6.45) is 8.93. The summed E-state index contributed by atoms with van der Waals surface area (Å²) in [4.78, 5) is 4.49. The molecule has 0 aliphatic heterocycles. The standard InChI is InChI=1S/C17H26N2O/c1-3-20-16-11-15(17(16)8-4-5-9-17)19-12-14-13(2)7-6-10-18-14/h6-7,10,15-16,19H,3-5,8-9,11-12H2,1-2H3. The Bertz CT molecular complexity index is 454. The fourth-order valence-corrected chi connectivity index (χ4v) is 4.10. The van der Waals surface area contributed by atoms with E-state index in [0.29, 0.717) is 17.6 Å². The second-order valence-corrected chi connectivity index (χ2v) is 6.32. The number of rotatable bonds is 5. The van der Waals surface area contributed by atoms with Crippen LogP contribution in [0.3, 0.4) is 0 Å². The molecule has 0 bridgehead atoms. The van der Waals surface area contributed by atoms with Crippen LogP contribution in [0.4, 0.5) is 0 Å². The molecule has 3 nitrogen and oxygen atoms in total. The highest BCUT2D eigenvalue weighted by Gasteiger charge is 2.56. The topological polar surface area (TPSA) is 34.1 Å². The van der Waals surface area contributed by atoms with Crippen LogP contribution in [0.1, 0.15) is 50.3 Å². The third-order valence-electron chi connectivity index (χ3n) is 5.32. The number of nitrogens with zero attached hydrogens (tertiary/aromatic N) is 1. The monoisotopic (exact) mass is 274 g/mol. The third-order valence-corrected chi connectivity index (χ3v) is 5.32. The van der Waals surface area contributed by atoms with Gasteiger partial charge in [-0.1, -0.05) is 18.9 Å². The van der Waals surface area contributed by atoms with Crippen LogP contribution in [0, 0.1) is 12.3 Å². The lowest BCUT2D eigenvalue weighted by molar-refractivity contribution is -0.130. The smallest absolute Gasteiger partial charge is 0.0661 e. The lowest BCUT2D eigenvalue weighted by Gasteiger charge is -2.54. The average molecular weight is 274 g/mol. The molecule has 1 N–H and O–H groups in total. The van der Waals surface area contributed by atoms with Gasteiger partial charge >= 0.3 is 0 Å². The molecule has 1 spiro atoms. The van der Waals surface area contributed by atoms with E-state index in [-0.39, 0.29) is 0 Å². The highest BCUT2D eigenvalue weighted by Crippen LogP contribution is 2.54. The van der Waals surface area contributed by atoms with E-state index in [4.69, 9.17) is 4.74 Å². The van der Waals surface area contributed by atoms with Crippen LogP contribution < -0.4 is 5.32 Å². The number of pyridine rings is 1. The predicted octanol–water partition coefficient (Wildman–Crippen LogP) is 3.22. The second-order valence-electron chi connectivity index (χ2n) is 6.32. The summed E-state index contributed by atoms with van der Waals surface area (Å²) in [5, 5.41) is 3.75. The van der Waals surface area contributed by atoms with Crippen LogP contribution in [0.2, 0.25) is 0 Å². The Morgan fingerprint density at radius 3 is 2.90 bits per heavy atom. The maximum absolute atomic E-state index is 5.97. The van der Waals surface area contributed by atoms with Gasteiger partial charge in [-0.05, 0) is 44.7 Å². The fraction of sp³-hybridized carbons (Fsp3) is 0.706. The Labute approximate surface area is 122 Å². The van der Waals surface area contributed by atoms with Crippen LogP contribution in [-0.2, 0) is 11.3 Å². The minimum absolute atomic E-state index is 0.415. The Kier molecular flexibility index (Phi) is 4.08. The third kappa shape index (κ3) is 2.38. The van der Waals surface area contributed by atoms with Crippen LogP contribution in [0.5, 0.6) is 0 Å². The molecule has 2 unspecified atom stereocenters. The highest BCUT2D eigenvalue weighted by atomic mass is 16.5. The fourth-order valence-electron chi connectivity index (χ4n) is 4.10. The Balaban J connectivity index is 1.62. The first-order valence-corrected chi connectivity index (χ1v) is 8.02. The van der Waals surface area contributed by atoms with Crippen molar-refractivity contribution in [2.45, 2.75) is 64.6 Å². The zero-order valence-electron chi connectivity index (χ0n) is 12.7. The molecule has 2 aliphatic rings. The minimum atomic E-state index is 0.415. The van der Waals surface area contributed by atoms with E-state index < -0.39 is 0 Å². The first-order valence-electron chi connectivity index (χ1n) is 8.02. The summed E-state index contributed by atoms with van der Waals surface area (Å²) >= 11 is 0. The van der Waals surface area contributed by atoms with Gasteiger partial charge in [-0.3, -0.25) is 4.98 Å². The molecule has 2 atom stereocenters. The number of nitrogens with one attached hydrogen (secondary N) is 1. The molecule has 0 saturated heterocycles. The molecule has 2 aliphatic carbocycles. The molecule has 3 heteroatoms. The SMILES string of the molecule is CCOC1CC(NCc2ncccc2C)C12CCCC2. The van der Waals surface area contributed by atoms with E-state index >= 15 is 0 Å². The number of hydrogen-bond donors (Lipinski definition) is 1. The van der Waals surface area contributed by atoms with Gasteiger partial charge in [0.25, 0.3) is 0 Å². The normalized spacial score (nSPS) is 27.7. The van der Waals surface area contributed by atoms with E-state index in [1.54, 1.807) is 0 Å². The van der Waals surface area contributed by atoms with E-state index in [1.165, 1.54) is 43.4 Å². The van der Waals surface area contributed by atoms with Crippen LogP contribution in [0.15, 0.2) is 18.3 Å². The lowest BCUT2D eigenvalue weighted by Crippen LogP contribution is -2.62. The van der Waals surface area contributed by atoms with Gasteiger partial charge in [0.2, 0.25) is 0 Å².